The second-order valence-corrected chi connectivity index (χ2v) is 9.16. The summed E-state index contributed by atoms with van der Waals surface area (Å²) in [6, 6.07) is 7.92. The number of likely N-dealkylation sites (tertiary alicyclic amines) is 1. The van der Waals surface area contributed by atoms with Crippen molar-refractivity contribution in [2.75, 3.05) is 36.9 Å². The summed E-state index contributed by atoms with van der Waals surface area (Å²) in [4.78, 5) is 43.9. The number of hydrogen-bond donors (Lipinski definition) is 0. The number of thioether (sulfide) groups is 1. The highest BCUT2D eigenvalue weighted by Gasteiger charge is 2.41. The van der Waals surface area contributed by atoms with Crippen LogP contribution in [0.3, 0.4) is 0 Å². The zero-order valence-electron chi connectivity index (χ0n) is 16.9. The third kappa shape index (κ3) is 3.95. The number of amides is 3. The topological polar surface area (TPSA) is 70.2 Å². The normalized spacial score (nSPS) is 22.9. The fourth-order valence-electron chi connectivity index (χ4n) is 4.34. The van der Waals surface area contributed by atoms with Crippen LogP contribution in [0, 0.1) is 5.92 Å². The van der Waals surface area contributed by atoms with Gasteiger partial charge in [-0.05, 0) is 30.9 Å². The Bertz CT molecular complexity index is 807. The van der Waals surface area contributed by atoms with Crippen molar-refractivity contribution in [3.63, 3.8) is 0 Å². The number of nitrogens with zero attached hydrogens (tertiary/aromatic N) is 3. The Labute approximate surface area is 175 Å². The summed E-state index contributed by atoms with van der Waals surface area (Å²) >= 11 is 1.51. The van der Waals surface area contributed by atoms with Gasteiger partial charge in [0.15, 0.2) is 0 Å². The van der Waals surface area contributed by atoms with Gasteiger partial charge < -0.3 is 14.5 Å². The smallest absolute Gasteiger partial charge is 0.410 e. The van der Waals surface area contributed by atoms with Gasteiger partial charge in [0, 0.05) is 24.0 Å². The maximum Gasteiger partial charge on any atom is 0.410 e. The molecular formula is C21H27N3O4S. The summed E-state index contributed by atoms with van der Waals surface area (Å²) in [6.07, 6.45) is 1.25. The lowest BCUT2D eigenvalue weighted by atomic mass is 9.97. The molecule has 0 radical (unpaired) electrons. The van der Waals surface area contributed by atoms with Crippen LogP contribution in [0.4, 0.5) is 10.5 Å². The molecule has 2 fully saturated rings. The number of fused-ring (bicyclic) bond motifs is 1. The van der Waals surface area contributed by atoms with Gasteiger partial charge in [-0.25, -0.2) is 4.79 Å². The number of ether oxygens (including phenoxy) is 1. The summed E-state index contributed by atoms with van der Waals surface area (Å²) < 4.78 is 5.27. The Kier molecular flexibility index (Phi) is 5.72. The summed E-state index contributed by atoms with van der Waals surface area (Å²) in [6.45, 7) is 5.91. The van der Waals surface area contributed by atoms with E-state index in [0.29, 0.717) is 31.4 Å². The summed E-state index contributed by atoms with van der Waals surface area (Å²) in [7, 11) is 0. The summed E-state index contributed by atoms with van der Waals surface area (Å²) in [5, 5.41) is 0. The third-order valence-corrected chi connectivity index (χ3v) is 7.07. The molecule has 1 atom stereocenters. The first kappa shape index (κ1) is 20.1. The van der Waals surface area contributed by atoms with Gasteiger partial charge in [0.2, 0.25) is 11.8 Å². The molecule has 156 valence electrons. The fourth-order valence-corrected chi connectivity index (χ4v) is 5.27. The predicted molar refractivity (Wildman–Crippen MR) is 111 cm³/mol. The molecule has 3 aliphatic heterocycles. The first-order valence-corrected chi connectivity index (χ1v) is 11.2. The van der Waals surface area contributed by atoms with Gasteiger partial charge in [0.25, 0.3) is 0 Å². The molecule has 1 unspecified atom stereocenters. The van der Waals surface area contributed by atoms with Crippen molar-refractivity contribution >= 4 is 35.4 Å². The van der Waals surface area contributed by atoms with Gasteiger partial charge in [-0.1, -0.05) is 26.0 Å². The van der Waals surface area contributed by atoms with E-state index >= 15 is 0 Å². The monoisotopic (exact) mass is 417 g/mol. The standard InChI is InChI=1S/C21H27N3O4S/c1-14(2)17-12-28-21(27)24(17)15-7-9-22(10-8-15)19(25)11-23-16-5-3-4-6-18(16)29-13-20(23)26/h3-6,14-15,17H,7-13H2,1-2H3. The minimum Gasteiger partial charge on any atom is -0.447 e. The van der Waals surface area contributed by atoms with E-state index in [1.165, 1.54) is 11.8 Å². The van der Waals surface area contributed by atoms with Crippen LogP contribution in [-0.2, 0) is 14.3 Å². The molecule has 7 nitrogen and oxygen atoms in total. The number of benzene rings is 1. The van der Waals surface area contributed by atoms with Crippen molar-refractivity contribution in [3.8, 4) is 0 Å². The third-order valence-electron chi connectivity index (χ3n) is 6.03. The van der Waals surface area contributed by atoms with E-state index in [4.69, 9.17) is 4.74 Å². The molecule has 0 saturated carbocycles. The van der Waals surface area contributed by atoms with Crippen LogP contribution in [0.25, 0.3) is 0 Å². The van der Waals surface area contributed by atoms with Crippen molar-refractivity contribution in [2.24, 2.45) is 5.92 Å². The van der Waals surface area contributed by atoms with E-state index in [-0.39, 0.29) is 36.5 Å². The number of rotatable bonds is 4. The van der Waals surface area contributed by atoms with Crippen LogP contribution < -0.4 is 4.90 Å². The number of anilines is 1. The average Bonchev–Trinajstić information content (AvgIpc) is 3.12. The van der Waals surface area contributed by atoms with Crippen LogP contribution in [-0.4, -0.2) is 71.8 Å². The van der Waals surface area contributed by atoms with Gasteiger partial charge in [-0.15, -0.1) is 11.8 Å². The van der Waals surface area contributed by atoms with Crippen molar-refractivity contribution in [3.05, 3.63) is 24.3 Å². The van der Waals surface area contributed by atoms with E-state index in [1.54, 1.807) is 4.90 Å². The van der Waals surface area contributed by atoms with Crippen LogP contribution in [0.1, 0.15) is 26.7 Å². The first-order chi connectivity index (χ1) is 14.0. The molecule has 3 aliphatic rings. The predicted octanol–water partition coefficient (Wildman–Crippen LogP) is 2.59. The Morgan fingerprint density at radius 1 is 1.21 bits per heavy atom. The first-order valence-electron chi connectivity index (χ1n) is 10.2. The molecule has 2 saturated heterocycles. The molecule has 0 bridgehead atoms. The molecule has 1 aromatic rings. The fraction of sp³-hybridized carbons (Fsp3) is 0.571. The van der Waals surface area contributed by atoms with Crippen molar-refractivity contribution < 1.29 is 19.1 Å². The Balaban J connectivity index is 1.37. The largest absolute Gasteiger partial charge is 0.447 e. The van der Waals surface area contributed by atoms with Gasteiger partial charge in [-0.3, -0.25) is 14.5 Å². The van der Waals surface area contributed by atoms with Gasteiger partial charge in [0.05, 0.1) is 17.5 Å². The molecule has 0 aliphatic carbocycles. The second-order valence-electron chi connectivity index (χ2n) is 8.14. The van der Waals surface area contributed by atoms with Crippen LogP contribution in [0.5, 0.6) is 0 Å². The lowest BCUT2D eigenvalue weighted by Crippen LogP contribution is -2.52. The molecule has 0 aromatic heterocycles. The second kappa shape index (κ2) is 8.26. The van der Waals surface area contributed by atoms with Gasteiger partial charge >= 0.3 is 6.09 Å². The SMILES string of the molecule is CC(C)C1COC(=O)N1C1CCN(C(=O)CN2C(=O)CSc3ccccc32)CC1. The maximum absolute atomic E-state index is 12.9. The van der Waals surface area contributed by atoms with E-state index in [0.717, 1.165) is 23.4 Å². The Morgan fingerprint density at radius 2 is 1.93 bits per heavy atom. The number of carbonyl (C=O) groups is 3. The van der Waals surface area contributed by atoms with E-state index in [2.05, 4.69) is 13.8 Å². The molecule has 3 heterocycles. The van der Waals surface area contributed by atoms with Crippen LogP contribution in [0.15, 0.2) is 29.2 Å². The number of cyclic esters (lactones) is 1. The zero-order valence-corrected chi connectivity index (χ0v) is 17.7. The van der Waals surface area contributed by atoms with E-state index in [1.807, 2.05) is 34.1 Å². The summed E-state index contributed by atoms with van der Waals surface area (Å²) in [5.74, 6) is 0.628. The minimum absolute atomic E-state index is 0.0310. The number of hydrogen-bond acceptors (Lipinski definition) is 5. The van der Waals surface area contributed by atoms with E-state index < -0.39 is 0 Å². The average molecular weight is 418 g/mol. The molecule has 0 N–H and O–H groups in total. The highest BCUT2D eigenvalue weighted by atomic mass is 32.2. The highest BCUT2D eigenvalue weighted by Crippen LogP contribution is 2.35. The van der Waals surface area contributed by atoms with Crippen molar-refractivity contribution in [1.82, 2.24) is 9.80 Å². The van der Waals surface area contributed by atoms with Crippen molar-refractivity contribution in [1.29, 1.82) is 0 Å². The van der Waals surface area contributed by atoms with Gasteiger partial charge in [-0.2, -0.15) is 0 Å². The van der Waals surface area contributed by atoms with Gasteiger partial charge in [0.1, 0.15) is 13.2 Å². The lowest BCUT2D eigenvalue weighted by molar-refractivity contribution is -0.132. The number of carbonyl (C=O) groups excluding carboxylic acids is 3. The molecule has 1 aromatic carbocycles. The molecule has 29 heavy (non-hydrogen) atoms. The highest BCUT2D eigenvalue weighted by molar-refractivity contribution is 8.00. The Morgan fingerprint density at radius 3 is 2.66 bits per heavy atom. The molecular weight excluding hydrogens is 390 g/mol. The number of piperidine rings is 1. The maximum atomic E-state index is 12.9. The lowest BCUT2D eigenvalue weighted by Gasteiger charge is -2.39. The van der Waals surface area contributed by atoms with E-state index in [9.17, 15) is 14.4 Å². The molecule has 4 rings (SSSR count). The quantitative estimate of drug-likeness (QED) is 0.753. The molecule has 0 spiro atoms. The molecule has 8 heteroatoms. The minimum atomic E-state index is -0.235. The van der Waals surface area contributed by atoms with Crippen LogP contribution >= 0.6 is 11.8 Å². The van der Waals surface area contributed by atoms with Crippen molar-refractivity contribution in [2.45, 2.75) is 43.7 Å². The zero-order chi connectivity index (χ0) is 20.5. The number of para-hydroxylation sites is 1. The molecule has 3 amide bonds. The summed E-state index contributed by atoms with van der Waals surface area (Å²) in [5.41, 5.74) is 0.816. The van der Waals surface area contributed by atoms with Crippen LogP contribution in [0.2, 0.25) is 0 Å². The Hall–Kier alpha value is -2.22.